The first-order chi connectivity index (χ1) is 24.0. The van der Waals surface area contributed by atoms with Gasteiger partial charge in [-0.15, -0.1) is 0 Å². The van der Waals surface area contributed by atoms with Crippen molar-refractivity contribution in [1.82, 2.24) is 9.13 Å². The van der Waals surface area contributed by atoms with E-state index >= 15 is 0 Å². The summed E-state index contributed by atoms with van der Waals surface area (Å²) in [6.45, 7) is 16.1. The van der Waals surface area contributed by atoms with E-state index in [2.05, 4.69) is 70.3 Å². The second-order valence-corrected chi connectivity index (χ2v) is 12.9. The number of para-hydroxylation sites is 4. The number of hydrogen-bond acceptors (Lipinski definition) is 1. The minimum Gasteiger partial charge on any atom is -0.307 e. The van der Waals surface area contributed by atoms with Crippen LogP contribution >= 0.6 is 0 Å². The number of benzene rings is 6. The SMILES string of the molecule is [C-]#[N+]c1cc(C(F)(F)F)ccc1-c1ccc(-n2c3c(C)cccc3c3cccc(C)c32)c(C#N)c1-n1c2c(C)cccc2c2cccc(C)c21. The number of nitriles is 1. The molecule has 0 unspecified atom stereocenters. The number of rotatable bonds is 3. The van der Waals surface area contributed by atoms with Gasteiger partial charge in [-0.25, -0.2) is 4.85 Å². The molecule has 2 heterocycles. The van der Waals surface area contributed by atoms with Crippen LogP contribution in [-0.2, 0) is 6.18 Å². The fraction of sp³-hybridized carbons (Fsp3) is 0.116. The molecule has 6 aromatic carbocycles. The molecule has 0 aliphatic rings. The summed E-state index contributed by atoms with van der Waals surface area (Å²) in [6, 6.07) is 34.0. The van der Waals surface area contributed by atoms with Crippen molar-refractivity contribution in [2.75, 3.05) is 0 Å². The topological polar surface area (TPSA) is 38.0 Å². The van der Waals surface area contributed by atoms with Gasteiger partial charge in [-0.3, -0.25) is 0 Å². The van der Waals surface area contributed by atoms with Crippen LogP contribution in [0.4, 0.5) is 18.9 Å². The predicted octanol–water partition coefficient (Wildman–Crippen LogP) is 12.2. The molecule has 4 nitrogen and oxygen atoms in total. The highest BCUT2D eigenvalue weighted by molar-refractivity contribution is 6.13. The Bertz CT molecular complexity index is 2700. The van der Waals surface area contributed by atoms with Gasteiger partial charge in [0, 0.05) is 27.1 Å². The van der Waals surface area contributed by atoms with Gasteiger partial charge >= 0.3 is 6.18 Å². The molecule has 7 heteroatoms. The minimum absolute atomic E-state index is 0.143. The van der Waals surface area contributed by atoms with Crippen LogP contribution in [0.25, 0.3) is 71.0 Å². The van der Waals surface area contributed by atoms with E-state index < -0.39 is 11.7 Å². The zero-order valence-electron chi connectivity index (χ0n) is 27.7. The molecule has 2 aromatic heterocycles. The molecule has 0 saturated carbocycles. The third-order valence-corrected chi connectivity index (χ3v) is 9.89. The Kier molecular flexibility index (Phi) is 6.89. The molecule has 0 aliphatic carbocycles. The highest BCUT2D eigenvalue weighted by Crippen LogP contribution is 2.46. The van der Waals surface area contributed by atoms with Crippen LogP contribution in [0.1, 0.15) is 33.4 Å². The van der Waals surface area contributed by atoms with Gasteiger partial charge in [0.2, 0.25) is 0 Å². The van der Waals surface area contributed by atoms with Gasteiger partial charge in [-0.2, -0.15) is 18.4 Å². The summed E-state index contributed by atoms with van der Waals surface area (Å²) in [6.07, 6.45) is -4.62. The van der Waals surface area contributed by atoms with E-state index in [1.165, 1.54) is 6.07 Å². The Morgan fingerprint density at radius 2 is 1.04 bits per heavy atom. The number of alkyl halides is 3. The fourth-order valence-electron chi connectivity index (χ4n) is 7.74. The van der Waals surface area contributed by atoms with Crippen molar-refractivity contribution in [2.45, 2.75) is 33.9 Å². The fourth-order valence-corrected chi connectivity index (χ4v) is 7.74. The van der Waals surface area contributed by atoms with Gasteiger partial charge in [-0.05, 0) is 73.2 Å². The second-order valence-electron chi connectivity index (χ2n) is 12.9. The van der Waals surface area contributed by atoms with Gasteiger partial charge in [-0.1, -0.05) is 91.0 Å². The molecule has 0 amide bonds. The molecular formula is C43H29F3N4. The molecule has 0 fully saturated rings. The highest BCUT2D eigenvalue weighted by Gasteiger charge is 2.32. The first kappa shape index (κ1) is 31.0. The summed E-state index contributed by atoms with van der Waals surface area (Å²) in [5, 5.41) is 15.4. The summed E-state index contributed by atoms with van der Waals surface area (Å²) >= 11 is 0. The molecule has 0 N–H and O–H groups in total. The molecule has 0 spiro atoms. The average Bonchev–Trinajstić information content (AvgIpc) is 3.63. The van der Waals surface area contributed by atoms with Crippen LogP contribution in [-0.4, -0.2) is 9.13 Å². The molecule has 0 aliphatic heterocycles. The first-order valence-corrected chi connectivity index (χ1v) is 16.2. The number of aromatic nitrogens is 2. The third kappa shape index (κ3) is 4.37. The lowest BCUT2D eigenvalue weighted by atomic mass is 9.95. The standard InChI is InChI=1S/C43H29F3N4/c1-24-10-6-14-30-31-15-7-11-25(2)39(31)49(38(24)30)37-21-20-34(29-19-18-28(43(44,45)46)22-36(29)48-5)42(35(37)23-47)50-40-26(3)12-8-16-32(40)33-17-9-13-27(4)41(33)50/h6-22H,1-4H3. The maximum atomic E-state index is 13.9. The van der Waals surface area contributed by atoms with E-state index in [9.17, 15) is 18.4 Å². The Hall–Kier alpha value is -6.31. The molecule has 8 aromatic rings. The number of nitrogens with zero attached hydrogens (tertiary/aromatic N) is 4. The molecular weight excluding hydrogens is 629 g/mol. The van der Waals surface area contributed by atoms with Crippen molar-refractivity contribution in [2.24, 2.45) is 0 Å². The van der Waals surface area contributed by atoms with Crippen LogP contribution < -0.4 is 0 Å². The Labute approximate surface area is 286 Å². The molecule has 0 bridgehead atoms. The molecule has 0 atom stereocenters. The number of aryl methyl sites for hydroxylation is 4. The Morgan fingerprint density at radius 3 is 1.46 bits per heavy atom. The van der Waals surface area contributed by atoms with Crippen molar-refractivity contribution in [3.63, 3.8) is 0 Å². The summed E-state index contributed by atoms with van der Waals surface area (Å²) in [5.74, 6) is 0. The summed E-state index contributed by atoms with van der Waals surface area (Å²) in [4.78, 5) is 3.59. The summed E-state index contributed by atoms with van der Waals surface area (Å²) in [7, 11) is 0. The third-order valence-electron chi connectivity index (χ3n) is 9.89. The quantitative estimate of drug-likeness (QED) is 0.174. The molecule has 0 radical (unpaired) electrons. The highest BCUT2D eigenvalue weighted by atomic mass is 19.4. The lowest BCUT2D eigenvalue weighted by Gasteiger charge is -2.22. The first-order valence-electron chi connectivity index (χ1n) is 16.2. The maximum absolute atomic E-state index is 13.9. The lowest BCUT2D eigenvalue weighted by Crippen LogP contribution is -2.08. The van der Waals surface area contributed by atoms with E-state index in [0.717, 1.165) is 78.0 Å². The van der Waals surface area contributed by atoms with Gasteiger partial charge < -0.3 is 9.13 Å². The van der Waals surface area contributed by atoms with Gasteiger partial charge in [0.25, 0.3) is 0 Å². The van der Waals surface area contributed by atoms with E-state index in [0.29, 0.717) is 28.1 Å². The number of halogens is 3. The lowest BCUT2D eigenvalue weighted by molar-refractivity contribution is -0.137. The largest absolute Gasteiger partial charge is 0.415 e. The van der Waals surface area contributed by atoms with Crippen LogP contribution in [0.3, 0.4) is 0 Å². The van der Waals surface area contributed by atoms with E-state index in [1.807, 2.05) is 62.4 Å². The van der Waals surface area contributed by atoms with Gasteiger partial charge in [0.05, 0.1) is 40.0 Å². The van der Waals surface area contributed by atoms with Gasteiger partial charge in [0.1, 0.15) is 11.6 Å². The van der Waals surface area contributed by atoms with Crippen LogP contribution in [0.2, 0.25) is 0 Å². The van der Waals surface area contributed by atoms with Crippen LogP contribution in [0, 0.1) is 45.6 Å². The second kappa shape index (κ2) is 11.1. The van der Waals surface area contributed by atoms with Crippen LogP contribution in [0.5, 0.6) is 0 Å². The minimum atomic E-state index is -4.62. The maximum Gasteiger partial charge on any atom is 0.415 e. The van der Waals surface area contributed by atoms with E-state index in [-0.39, 0.29) is 5.69 Å². The van der Waals surface area contributed by atoms with Crippen molar-refractivity contribution in [3.05, 3.63) is 148 Å². The zero-order chi connectivity index (χ0) is 35.1. The smallest absolute Gasteiger partial charge is 0.307 e. The predicted molar refractivity (Wildman–Crippen MR) is 195 cm³/mol. The van der Waals surface area contributed by atoms with E-state index in [1.54, 1.807) is 0 Å². The Morgan fingerprint density at radius 1 is 0.600 bits per heavy atom. The molecule has 0 saturated heterocycles. The van der Waals surface area contributed by atoms with Gasteiger partial charge in [0.15, 0.2) is 5.69 Å². The average molecular weight is 659 g/mol. The summed E-state index contributed by atoms with van der Waals surface area (Å²) < 4.78 is 45.9. The van der Waals surface area contributed by atoms with Crippen molar-refractivity contribution < 1.29 is 13.2 Å². The zero-order valence-corrected chi connectivity index (χ0v) is 27.7. The summed E-state index contributed by atoms with van der Waals surface area (Å²) in [5.41, 5.74) is 8.99. The monoisotopic (exact) mass is 658 g/mol. The van der Waals surface area contributed by atoms with Crippen LogP contribution in [0.15, 0.2) is 103 Å². The van der Waals surface area contributed by atoms with Crippen molar-refractivity contribution in [1.29, 1.82) is 5.26 Å². The van der Waals surface area contributed by atoms with Crippen molar-refractivity contribution in [3.8, 4) is 28.6 Å². The number of fused-ring (bicyclic) bond motifs is 6. The molecule has 242 valence electrons. The normalized spacial score (nSPS) is 11.9. The Balaban J connectivity index is 1.62. The molecule has 50 heavy (non-hydrogen) atoms. The number of hydrogen-bond donors (Lipinski definition) is 0. The van der Waals surface area contributed by atoms with Crippen molar-refractivity contribution >= 4 is 49.3 Å². The molecule has 8 rings (SSSR count). The van der Waals surface area contributed by atoms with E-state index in [4.69, 9.17) is 6.57 Å².